The minimum atomic E-state index is -0.124. The van der Waals surface area contributed by atoms with Gasteiger partial charge in [-0.05, 0) is 36.8 Å². The van der Waals surface area contributed by atoms with Crippen LogP contribution in [0.2, 0.25) is 0 Å². The van der Waals surface area contributed by atoms with Crippen molar-refractivity contribution in [3.05, 3.63) is 59.7 Å². The molecule has 1 aliphatic rings. The normalized spacial score (nSPS) is 14.2. The summed E-state index contributed by atoms with van der Waals surface area (Å²) in [6.07, 6.45) is 0. The number of carbonyl (C=O) groups excluding carboxylic acids is 1. The lowest BCUT2D eigenvalue weighted by atomic mass is 10.2. The molecule has 138 valence electrons. The number of hydrogen-bond donors (Lipinski definition) is 1. The molecule has 1 heterocycles. The molecular formula is C20H24N2O2S2. The number of carbonyl (C=O) groups is 1. The number of rotatable bonds is 6. The van der Waals surface area contributed by atoms with Crippen LogP contribution in [0.5, 0.6) is 5.75 Å². The van der Waals surface area contributed by atoms with Crippen molar-refractivity contribution in [3.8, 4) is 5.75 Å². The first-order valence-corrected chi connectivity index (χ1v) is 10.8. The summed E-state index contributed by atoms with van der Waals surface area (Å²) in [7, 11) is 1.78. The van der Waals surface area contributed by atoms with Gasteiger partial charge in [-0.3, -0.25) is 0 Å². The first kappa shape index (κ1) is 19.0. The Morgan fingerprint density at radius 2 is 1.92 bits per heavy atom. The molecule has 0 aliphatic carbocycles. The number of hydrogen-bond acceptors (Lipinski definition) is 4. The second-order valence-corrected chi connectivity index (χ2v) is 8.94. The Hall–Kier alpha value is -1.79. The zero-order valence-corrected chi connectivity index (χ0v) is 16.7. The van der Waals surface area contributed by atoms with Gasteiger partial charge in [-0.1, -0.05) is 29.8 Å². The second kappa shape index (κ2) is 9.24. The quantitative estimate of drug-likeness (QED) is 0.755. The highest BCUT2D eigenvalue weighted by Gasteiger charge is 2.18. The maximum atomic E-state index is 12.4. The number of aryl methyl sites for hydroxylation is 1. The zero-order chi connectivity index (χ0) is 18.4. The Morgan fingerprint density at radius 3 is 2.65 bits per heavy atom. The standard InChI is InChI=1S/C20H24N2O2S2/c1-15-6-8-18(9-7-15)24-11-10-22(2)20(23)21-17-5-3-4-16(14-17)19-25-12-13-26-19/h3-9,14,19H,10-13H2,1-2H3,(H,21,23). The van der Waals surface area contributed by atoms with Gasteiger partial charge in [0.25, 0.3) is 0 Å². The minimum absolute atomic E-state index is 0.124. The predicted molar refractivity (Wildman–Crippen MR) is 112 cm³/mol. The lowest BCUT2D eigenvalue weighted by Gasteiger charge is -2.19. The van der Waals surface area contributed by atoms with Gasteiger partial charge in [0.1, 0.15) is 12.4 Å². The summed E-state index contributed by atoms with van der Waals surface area (Å²) in [4.78, 5) is 14.0. The van der Waals surface area contributed by atoms with Crippen molar-refractivity contribution in [2.75, 3.05) is 37.0 Å². The number of nitrogens with zero attached hydrogens (tertiary/aromatic N) is 1. The topological polar surface area (TPSA) is 41.6 Å². The molecule has 0 unspecified atom stereocenters. The van der Waals surface area contributed by atoms with E-state index in [0.29, 0.717) is 17.7 Å². The maximum absolute atomic E-state index is 12.4. The van der Waals surface area contributed by atoms with Gasteiger partial charge in [0.15, 0.2) is 0 Å². The Bertz CT molecular complexity index is 731. The molecule has 2 aromatic carbocycles. The molecular weight excluding hydrogens is 364 g/mol. The fourth-order valence-corrected chi connectivity index (χ4v) is 5.41. The lowest BCUT2D eigenvalue weighted by Crippen LogP contribution is -2.34. The monoisotopic (exact) mass is 388 g/mol. The van der Waals surface area contributed by atoms with Gasteiger partial charge in [-0.2, -0.15) is 0 Å². The third-order valence-corrected chi connectivity index (χ3v) is 7.20. The molecule has 2 amide bonds. The summed E-state index contributed by atoms with van der Waals surface area (Å²) in [5.74, 6) is 3.20. The number of nitrogens with one attached hydrogen (secondary N) is 1. The molecule has 2 aromatic rings. The fraction of sp³-hybridized carbons (Fsp3) is 0.350. The highest BCUT2D eigenvalue weighted by atomic mass is 32.2. The van der Waals surface area contributed by atoms with Crippen LogP contribution in [0.25, 0.3) is 0 Å². The molecule has 1 fully saturated rings. The Labute approximate surface area is 163 Å². The van der Waals surface area contributed by atoms with Gasteiger partial charge >= 0.3 is 6.03 Å². The van der Waals surface area contributed by atoms with Crippen LogP contribution in [0, 0.1) is 6.92 Å². The highest BCUT2D eigenvalue weighted by Crippen LogP contribution is 2.45. The summed E-state index contributed by atoms with van der Waals surface area (Å²) < 4.78 is 6.17. The molecule has 0 aromatic heterocycles. The summed E-state index contributed by atoms with van der Waals surface area (Å²) >= 11 is 3.92. The fourth-order valence-electron chi connectivity index (χ4n) is 2.57. The summed E-state index contributed by atoms with van der Waals surface area (Å²) in [6.45, 7) is 3.02. The molecule has 3 rings (SSSR count). The van der Waals surface area contributed by atoms with Crippen molar-refractivity contribution in [3.63, 3.8) is 0 Å². The van der Waals surface area contributed by atoms with E-state index in [1.807, 2.05) is 66.8 Å². The van der Waals surface area contributed by atoms with E-state index in [-0.39, 0.29) is 6.03 Å². The summed E-state index contributed by atoms with van der Waals surface area (Å²) in [6, 6.07) is 15.9. The van der Waals surface area contributed by atoms with E-state index in [1.54, 1.807) is 11.9 Å². The Morgan fingerprint density at radius 1 is 1.19 bits per heavy atom. The number of benzene rings is 2. The maximum Gasteiger partial charge on any atom is 0.321 e. The van der Waals surface area contributed by atoms with Gasteiger partial charge in [0.05, 0.1) is 11.1 Å². The van der Waals surface area contributed by atoms with E-state index in [4.69, 9.17) is 4.74 Å². The molecule has 0 saturated carbocycles. The van der Waals surface area contributed by atoms with Gasteiger partial charge in [-0.15, -0.1) is 23.5 Å². The van der Waals surface area contributed by atoms with Gasteiger partial charge in [0, 0.05) is 24.2 Å². The van der Waals surface area contributed by atoms with Crippen molar-refractivity contribution >= 4 is 35.2 Å². The van der Waals surface area contributed by atoms with Crippen LogP contribution < -0.4 is 10.1 Å². The smallest absolute Gasteiger partial charge is 0.321 e. The van der Waals surface area contributed by atoms with Gasteiger partial charge in [0.2, 0.25) is 0 Å². The average molecular weight is 389 g/mol. The largest absolute Gasteiger partial charge is 0.492 e. The van der Waals surface area contributed by atoms with E-state index in [2.05, 4.69) is 17.4 Å². The van der Waals surface area contributed by atoms with Crippen molar-refractivity contribution in [2.24, 2.45) is 0 Å². The minimum Gasteiger partial charge on any atom is -0.492 e. The SMILES string of the molecule is Cc1ccc(OCCN(C)C(=O)Nc2cccc(C3SCCS3)c2)cc1. The molecule has 1 N–H and O–H groups in total. The number of likely N-dealkylation sites (N-methyl/N-ethyl adjacent to an activating group) is 1. The van der Waals surface area contributed by atoms with E-state index in [9.17, 15) is 4.79 Å². The highest BCUT2D eigenvalue weighted by molar-refractivity contribution is 8.19. The molecule has 6 heteroatoms. The Kier molecular flexibility index (Phi) is 6.74. The molecule has 0 radical (unpaired) electrons. The van der Waals surface area contributed by atoms with Crippen LogP contribution in [-0.4, -0.2) is 42.6 Å². The zero-order valence-electron chi connectivity index (χ0n) is 15.1. The van der Waals surface area contributed by atoms with E-state index < -0.39 is 0 Å². The number of anilines is 1. The summed E-state index contributed by atoms with van der Waals surface area (Å²) in [5, 5.41) is 2.97. The predicted octanol–water partition coefficient (Wildman–Crippen LogP) is 5.02. The van der Waals surface area contributed by atoms with Crippen LogP contribution in [0.4, 0.5) is 10.5 Å². The van der Waals surface area contributed by atoms with Gasteiger partial charge in [-0.25, -0.2) is 4.79 Å². The second-order valence-electron chi connectivity index (χ2n) is 6.21. The third-order valence-electron chi connectivity index (χ3n) is 4.09. The number of ether oxygens (including phenoxy) is 1. The number of amides is 2. The molecule has 26 heavy (non-hydrogen) atoms. The first-order chi connectivity index (χ1) is 12.6. The van der Waals surface area contributed by atoms with Crippen LogP contribution in [0.15, 0.2) is 48.5 Å². The number of thioether (sulfide) groups is 2. The molecule has 0 bridgehead atoms. The van der Waals surface area contributed by atoms with E-state index in [0.717, 1.165) is 11.4 Å². The van der Waals surface area contributed by atoms with E-state index >= 15 is 0 Å². The van der Waals surface area contributed by atoms with Crippen molar-refractivity contribution in [2.45, 2.75) is 11.5 Å². The molecule has 0 atom stereocenters. The van der Waals surface area contributed by atoms with Crippen LogP contribution in [0.1, 0.15) is 15.7 Å². The van der Waals surface area contributed by atoms with Crippen LogP contribution in [0.3, 0.4) is 0 Å². The van der Waals surface area contributed by atoms with Crippen molar-refractivity contribution in [1.29, 1.82) is 0 Å². The van der Waals surface area contributed by atoms with E-state index in [1.165, 1.54) is 22.6 Å². The van der Waals surface area contributed by atoms with Crippen molar-refractivity contribution < 1.29 is 9.53 Å². The lowest BCUT2D eigenvalue weighted by molar-refractivity contribution is 0.207. The summed E-state index contributed by atoms with van der Waals surface area (Å²) in [5.41, 5.74) is 3.30. The van der Waals surface area contributed by atoms with Crippen molar-refractivity contribution in [1.82, 2.24) is 4.90 Å². The molecule has 1 saturated heterocycles. The average Bonchev–Trinajstić information content (AvgIpc) is 3.18. The molecule has 0 spiro atoms. The van der Waals surface area contributed by atoms with Crippen LogP contribution in [-0.2, 0) is 0 Å². The molecule has 1 aliphatic heterocycles. The number of urea groups is 1. The third kappa shape index (κ3) is 5.35. The van der Waals surface area contributed by atoms with Gasteiger partial charge < -0.3 is 15.0 Å². The van der Waals surface area contributed by atoms with Crippen LogP contribution >= 0.6 is 23.5 Å². The Balaban J connectivity index is 1.47. The molecule has 4 nitrogen and oxygen atoms in total. The first-order valence-electron chi connectivity index (χ1n) is 8.66.